The maximum Gasteiger partial charge on any atom is 0.212 e. The molecule has 1 aromatic heterocycles. The third-order valence-electron chi connectivity index (χ3n) is 3.51. The molecule has 0 N–H and O–H groups in total. The molecule has 1 heterocycles. The van der Waals surface area contributed by atoms with Crippen LogP contribution in [0.3, 0.4) is 0 Å². The molecular weight excluding hydrogens is 359 g/mol. The molecular formula is C18H23FN2O4S. The van der Waals surface area contributed by atoms with Crippen molar-refractivity contribution >= 4 is 11.8 Å². The molecule has 8 heteroatoms. The van der Waals surface area contributed by atoms with Gasteiger partial charge in [-0.05, 0) is 37.3 Å². The van der Waals surface area contributed by atoms with Crippen molar-refractivity contribution in [2.24, 2.45) is 0 Å². The summed E-state index contributed by atoms with van der Waals surface area (Å²) >= 11 is 1.64. The second-order valence-corrected chi connectivity index (χ2v) is 6.15. The molecule has 0 amide bonds. The average molecular weight is 382 g/mol. The van der Waals surface area contributed by atoms with E-state index in [0.717, 1.165) is 41.2 Å². The monoisotopic (exact) mass is 382 g/mol. The van der Waals surface area contributed by atoms with E-state index < -0.39 is 5.09 Å². The van der Waals surface area contributed by atoms with Gasteiger partial charge in [0.25, 0.3) is 0 Å². The summed E-state index contributed by atoms with van der Waals surface area (Å²) in [4.78, 5) is 9.31. The van der Waals surface area contributed by atoms with Crippen LogP contribution in [0.5, 0.6) is 5.75 Å². The number of hydrogen-bond donors (Lipinski definition) is 0. The molecule has 0 saturated heterocycles. The van der Waals surface area contributed by atoms with E-state index in [1.165, 1.54) is 6.07 Å². The molecule has 0 atom stereocenters. The number of benzene rings is 1. The van der Waals surface area contributed by atoms with Crippen LogP contribution >= 0.6 is 11.8 Å². The van der Waals surface area contributed by atoms with E-state index >= 15 is 0 Å². The van der Waals surface area contributed by atoms with Gasteiger partial charge in [-0.25, -0.2) is 8.96 Å². The van der Waals surface area contributed by atoms with Crippen LogP contribution in [0.1, 0.15) is 26.7 Å². The fourth-order valence-corrected chi connectivity index (χ4v) is 2.99. The van der Waals surface area contributed by atoms with Gasteiger partial charge in [0.05, 0.1) is 22.2 Å². The van der Waals surface area contributed by atoms with Gasteiger partial charge in [0.1, 0.15) is 12.4 Å². The molecule has 0 saturated carbocycles. The number of nitrogens with zero attached hydrogens (tertiary/aromatic N) is 2. The lowest BCUT2D eigenvalue weighted by molar-refractivity contribution is -0.693. The van der Waals surface area contributed by atoms with E-state index in [2.05, 4.69) is 24.6 Å². The van der Waals surface area contributed by atoms with E-state index in [4.69, 9.17) is 20.1 Å². The van der Waals surface area contributed by atoms with E-state index in [-0.39, 0.29) is 5.82 Å². The van der Waals surface area contributed by atoms with E-state index in [0.29, 0.717) is 6.61 Å². The number of aromatic nitrogens is 1. The Morgan fingerprint density at radius 2 is 1.96 bits per heavy atom. The fraction of sp³-hybridized carbons (Fsp3) is 0.389. The number of unbranched alkanes of at least 4 members (excludes halogenated alkanes) is 1. The SMILES string of the molecule is CCCCOc1c[n+](CC)cc(-c2cccc(F)c2)c1SC.O=[N+]([O-])[O-]. The molecule has 142 valence electrons. The molecule has 0 fully saturated rings. The van der Waals surface area contributed by atoms with Crippen LogP contribution in [0.15, 0.2) is 41.6 Å². The molecule has 26 heavy (non-hydrogen) atoms. The zero-order valence-electron chi connectivity index (χ0n) is 15.1. The van der Waals surface area contributed by atoms with Crippen molar-refractivity contribution in [1.29, 1.82) is 0 Å². The van der Waals surface area contributed by atoms with Crippen LogP contribution in [0, 0.1) is 21.1 Å². The van der Waals surface area contributed by atoms with Gasteiger partial charge in [0.2, 0.25) is 6.20 Å². The lowest BCUT2D eigenvalue weighted by Gasteiger charge is -2.13. The molecule has 0 bridgehead atoms. The zero-order chi connectivity index (χ0) is 19.5. The first-order valence-corrected chi connectivity index (χ1v) is 9.46. The summed E-state index contributed by atoms with van der Waals surface area (Å²) in [6.45, 7) is 5.79. The standard InChI is InChI=1S/C18H23FNOS.NO3/c1-4-6-10-21-17-13-20(5-2)12-16(18(17)22-3)14-8-7-9-15(19)11-14;2-1(3)4/h7-9,11-13H,4-6,10H2,1-3H3;/q+1;-1. The van der Waals surface area contributed by atoms with Gasteiger partial charge in [0.15, 0.2) is 11.9 Å². The van der Waals surface area contributed by atoms with Crippen molar-refractivity contribution < 1.29 is 18.8 Å². The number of rotatable bonds is 7. The molecule has 2 aromatic rings. The molecule has 0 aliphatic rings. The summed E-state index contributed by atoms with van der Waals surface area (Å²) in [5.74, 6) is 0.662. The predicted octanol–water partition coefficient (Wildman–Crippen LogP) is 4.46. The highest BCUT2D eigenvalue weighted by Crippen LogP contribution is 2.36. The smallest absolute Gasteiger partial charge is 0.212 e. The van der Waals surface area contributed by atoms with Gasteiger partial charge in [-0.15, -0.1) is 11.8 Å². The minimum absolute atomic E-state index is 0.218. The first kappa shape index (κ1) is 21.7. The van der Waals surface area contributed by atoms with Crippen molar-refractivity contribution in [2.75, 3.05) is 12.9 Å². The van der Waals surface area contributed by atoms with E-state index in [1.807, 2.05) is 18.5 Å². The Kier molecular flexibility index (Phi) is 9.43. The summed E-state index contributed by atoms with van der Waals surface area (Å²) < 4.78 is 21.6. The largest absolute Gasteiger partial charge is 0.487 e. The van der Waals surface area contributed by atoms with Crippen LogP contribution in [0.4, 0.5) is 4.39 Å². The van der Waals surface area contributed by atoms with Gasteiger partial charge >= 0.3 is 0 Å². The predicted molar refractivity (Wildman–Crippen MR) is 100 cm³/mol. The summed E-state index contributed by atoms with van der Waals surface area (Å²) in [5, 5.41) is 14.8. The normalized spacial score (nSPS) is 10.0. The van der Waals surface area contributed by atoms with Crippen molar-refractivity contribution in [1.82, 2.24) is 0 Å². The lowest BCUT2D eigenvalue weighted by atomic mass is 10.1. The van der Waals surface area contributed by atoms with E-state index in [9.17, 15) is 4.39 Å². The molecule has 0 spiro atoms. The summed E-state index contributed by atoms with van der Waals surface area (Å²) in [7, 11) is 0. The van der Waals surface area contributed by atoms with Gasteiger partial charge in [-0.3, -0.25) is 0 Å². The highest BCUT2D eigenvalue weighted by Gasteiger charge is 2.18. The van der Waals surface area contributed by atoms with Crippen LogP contribution in [-0.2, 0) is 6.54 Å². The van der Waals surface area contributed by atoms with Gasteiger partial charge < -0.3 is 20.1 Å². The minimum Gasteiger partial charge on any atom is -0.487 e. The number of halogens is 1. The van der Waals surface area contributed by atoms with Crippen LogP contribution in [0.2, 0.25) is 0 Å². The van der Waals surface area contributed by atoms with Crippen molar-refractivity contribution in [3.05, 3.63) is 57.8 Å². The average Bonchev–Trinajstić information content (AvgIpc) is 2.60. The lowest BCUT2D eigenvalue weighted by Crippen LogP contribution is -2.32. The molecule has 6 nitrogen and oxygen atoms in total. The molecule has 0 aliphatic carbocycles. The van der Waals surface area contributed by atoms with Crippen LogP contribution < -0.4 is 9.30 Å². The van der Waals surface area contributed by atoms with Crippen molar-refractivity contribution in [2.45, 2.75) is 38.1 Å². The van der Waals surface area contributed by atoms with Gasteiger partial charge in [-0.2, -0.15) is 0 Å². The summed E-state index contributed by atoms with van der Waals surface area (Å²) in [5.41, 5.74) is 1.90. The van der Waals surface area contributed by atoms with Crippen molar-refractivity contribution in [3.8, 4) is 16.9 Å². The Morgan fingerprint density at radius 1 is 1.27 bits per heavy atom. The second-order valence-electron chi connectivity index (χ2n) is 5.34. The molecule has 0 unspecified atom stereocenters. The zero-order valence-corrected chi connectivity index (χ0v) is 15.9. The van der Waals surface area contributed by atoms with Crippen molar-refractivity contribution in [3.63, 3.8) is 0 Å². The highest BCUT2D eigenvalue weighted by molar-refractivity contribution is 7.98. The number of hydrogen-bond acceptors (Lipinski definition) is 5. The minimum atomic E-state index is -1.75. The molecule has 1 aromatic carbocycles. The fourth-order valence-electron chi connectivity index (χ4n) is 2.29. The Hall–Kier alpha value is -2.35. The third kappa shape index (κ3) is 6.87. The number of pyridine rings is 1. The Balaban J connectivity index is 0.000000765. The second kappa shape index (κ2) is 11.3. The van der Waals surface area contributed by atoms with Crippen LogP contribution in [-0.4, -0.2) is 17.9 Å². The number of thioether (sulfide) groups is 1. The van der Waals surface area contributed by atoms with Gasteiger partial charge in [0, 0.05) is 0 Å². The summed E-state index contributed by atoms with van der Waals surface area (Å²) in [6.07, 6.45) is 8.26. The Labute approximate surface area is 156 Å². The van der Waals surface area contributed by atoms with Gasteiger partial charge in [-0.1, -0.05) is 25.5 Å². The molecule has 0 radical (unpaired) electrons. The van der Waals surface area contributed by atoms with Crippen LogP contribution in [0.25, 0.3) is 11.1 Å². The number of aryl methyl sites for hydroxylation is 1. The highest BCUT2D eigenvalue weighted by atomic mass is 32.2. The Bertz CT molecular complexity index is 724. The Morgan fingerprint density at radius 3 is 2.50 bits per heavy atom. The first-order chi connectivity index (χ1) is 12.4. The third-order valence-corrected chi connectivity index (χ3v) is 4.34. The molecule has 2 rings (SSSR count). The molecule has 0 aliphatic heterocycles. The van der Waals surface area contributed by atoms with E-state index in [1.54, 1.807) is 23.9 Å². The topological polar surface area (TPSA) is 79.3 Å². The first-order valence-electron chi connectivity index (χ1n) is 8.24. The summed E-state index contributed by atoms with van der Waals surface area (Å²) in [6, 6.07) is 6.73. The quantitative estimate of drug-likeness (QED) is 0.232. The maximum absolute atomic E-state index is 13.6. The maximum atomic E-state index is 13.6. The number of ether oxygens (including phenoxy) is 1.